The Labute approximate surface area is 164 Å². The number of benzene rings is 2. The number of halogens is 2. The van der Waals surface area contributed by atoms with Crippen molar-refractivity contribution in [2.75, 3.05) is 17.8 Å². The molecule has 1 unspecified atom stereocenters. The Morgan fingerprint density at radius 3 is 2.33 bits per heavy atom. The van der Waals surface area contributed by atoms with E-state index in [1.165, 1.54) is 24.3 Å². The molecule has 0 aromatic heterocycles. The summed E-state index contributed by atoms with van der Waals surface area (Å²) in [7, 11) is -3.82. The average Bonchev–Trinajstić information content (AvgIpc) is 2.62. The second kappa shape index (κ2) is 8.69. The number of nitrogens with one attached hydrogen (secondary N) is 1. The molecule has 6 nitrogen and oxygen atoms in total. The third-order valence-corrected chi connectivity index (χ3v) is 5.65. The quantitative estimate of drug-likeness (QED) is 0.805. The van der Waals surface area contributed by atoms with E-state index in [0.717, 1.165) is 25.0 Å². The molecular formula is C18H21ClFN3O3S. The Bertz CT molecular complexity index is 889. The van der Waals surface area contributed by atoms with Gasteiger partial charge in [0.15, 0.2) is 0 Å². The monoisotopic (exact) mass is 413 g/mol. The topological polar surface area (TPSA) is 92.5 Å². The third kappa shape index (κ3) is 5.18. The fourth-order valence-electron chi connectivity index (χ4n) is 2.89. The first-order chi connectivity index (χ1) is 12.3. The van der Waals surface area contributed by atoms with Crippen LogP contribution in [0, 0.1) is 5.82 Å². The van der Waals surface area contributed by atoms with Crippen molar-refractivity contribution in [3.8, 4) is 0 Å². The fourth-order valence-corrected chi connectivity index (χ4v) is 3.94. The molecule has 0 saturated carbocycles. The molecule has 0 spiro atoms. The molecule has 0 radical (unpaired) electrons. The average molecular weight is 414 g/mol. The molecule has 3 rings (SSSR count). The van der Waals surface area contributed by atoms with Crippen molar-refractivity contribution in [3.05, 3.63) is 59.9 Å². The molecule has 1 fully saturated rings. The van der Waals surface area contributed by atoms with E-state index < -0.39 is 15.8 Å². The van der Waals surface area contributed by atoms with Crippen LogP contribution in [0.15, 0.2) is 53.4 Å². The predicted octanol–water partition coefficient (Wildman–Crippen LogP) is 2.61. The molecule has 27 heavy (non-hydrogen) atoms. The lowest BCUT2D eigenvalue weighted by Crippen LogP contribution is -2.45. The number of piperidine rings is 1. The van der Waals surface area contributed by atoms with Crippen LogP contribution in [-0.2, 0) is 10.0 Å². The maximum absolute atomic E-state index is 12.9. The number of likely N-dealkylation sites (tertiary alicyclic amines) is 1. The second-order valence-electron chi connectivity index (χ2n) is 6.29. The second-order valence-corrected chi connectivity index (χ2v) is 7.97. The van der Waals surface area contributed by atoms with E-state index in [1.54, 1.807) is 17.0 Å². The Hall–Kier alpha value is -2.16. The number of anilines is 1. The molecule has 146 valence electrons. The van der Waals surface area contributed by atoms with Crippen LogP contribution >= 0.6 is 12.4 Å². The van der Waals surface area contributed by atoms with E-state index >= 15 is 0 Å². The van der Waals surface area contributed by atoms with Crippen molar-refractivity contribution in [2.45, 2.75) is 23.8 Å². The van der Waals surface area contributed by atoms with Gasteiger partial charge in [0, 0.05) is 30.4 Å². The highest BCUT2D eigenvalue weighted by atomic mass is 35.5. The van der Waals surface area contributed by atoms with Gasteiger partial charge in [-0.15, -0.1) is 12.4 Å². The smallest absolute Gasteiger partial charge is 0.261 e. The lowest BCUT2D eigenvalue weighted by Gasteiger charge is -2.30. The molecule has 0 aliphatic carbocycles. The predicted molar refractivity (Wildman–Crippen MR) is 104 cm³/mol. The van der Waals surface area contributed by atoms with Gasteiger partial charge in [0.25, 0.3) is 15.9 Å². The highest BCUT2D eigenvalue weighted by Gasteiger charge is 2.22. The summed E-state index contributed by atoms with van der Waals surface area (Å²) in [5.41, 5.74) is 6.70. The number of sulfonamides is 1. The Morgan fingerprint density at radius 1 is 1.11 bits per heavy atom. The molecule has 2 aromatic carbocycles. The molecule has 2 aromatic rings. The zero-order valence-electron chi connectivity index (χ0n) is 14.5. The minimum Gasteiger partial charge on any atom is -0.337 e. The molecule has 0 bridgehead atoms. The van der Waals surface area contributed by atoms with E-state index in [1.807, 2.05) is 0 Å². The van der Waals surface area contributed by atoms with E-state index in [0.29, 0.717) is 24.3 Å². The zero-order chi connectivity index (χ0) is 18.7. The summed E-state index contributed by atoms with van der Waals surface area (Å²) < 4.78 is 39.9. The van der Waals surface area contributed by atoms with E-state index in [-0.39, 0.29) is 29.3 Å². The van der Waals surface area contributed by atoms with Gasteiger partial charge in [-0.25, -0.2) is 12.8 Å². The zero-order valence-corrected chi connectivity index (χ0v) is 16.1. The summed E-state index contributed by atoms with van der Waals surface area (Å²) in [6.07, 6.45) is 1.79. The molecule has 1 aliphatic rings. The van der Waals surface area contributed by atoms with Crippen molar-refractivity contribution in [1.29, 1.82) is 0 Å². The first-order valence-electron chi connectivity index (χ1n) is 8.28. The van der Waals surface area contributed by atoms with Gasteiger partial charge in [0.05, 0.1) is 4.90 Å². The van der Waals surface area contributed by atoms with Crippen LogP contribution in [0.5, 0.6) is 0 Å². The first kappa shape index (κ1) is 21.1. The van der Waals surface area contributed by atoms with Gasteiger partial charge in [-0.2, -0.15) is 0 Å². The lowest BCUT2D eigenvalue weighted by molar-refractivity contribution is 0.0709. The molecule has 1 atom stereocenters. The summed E-state index contributed by atoms with van der Waals surface area (Å²) >= 11 is 0. The maximum Gasteiger partial charge on any atom is 0.261 e. The summed E-state index contributed by atoms with van der Waals surface area (Å²) in [6, 6.07) is 10.7. The van der Waals surface area contributed by atoms with Gasteiger partial charge >= 0.3 is 0 Å². The minimum absolute atomic E-state index is 0. The minimum atomic E-state index is -3.82. The number of carbonyl (C=O) groups excluding carboxylic acids is 1. The van der Waals surface area contributed by atoms with E-state index in [9.17, 15) is 17.6 Å². The standard InChI is InChI=1S/C18H20FN3O3S.ClH/c19-14-5-9-17(10-6-14)26(24,25)21-16-7-3-13(4-8-16)18(23)22-11-1-2-15(20)12-22;/h3-10,15,21H,1-2,11-12,20H2;1H. The van der Waals surface area contributed by atoms with Gasteiger partial charge < -0.3 is 10.6 Å². The molecule has 9 heteroatoms. The van der Waals surface area contributed by atoms with Crippen molar-refractivity contribution in [1.82, 2.24) is 4.90 Å². The van der Waals surface area contributed by atoms with Crippen molar-refractivity contribution < 1.29 is 17.6 Å². The summed E-state index contributed by atoms with van der Waals surface area (Å²) in [6.45, 7) is 1.20. The number of hydrogen-bond donors (Lipinski definition) is 2. The molecule has 1 amide bonds. The van der Waals surface area contributed by atoms with Crippen LogP contribution in [0.1, 0.15) is 23.2 Å². The highest BCUT2D eigenvalue weighted by molar-refractivity contribution is 7.92. The number of amides is 1. The Kier molecular flexibility index (Phi) is 6.80. The maximum atomic E-state index is 12.9. The van der Waals surface area contributed by atoms with Crippen molar-refractivity contribution in [2.24, 2.45) is 5.73 Å². The van der Waals surface area contributed by atoms with Gasteiger partial charge in [0.2, 0.25) is 0 Å². The molecule has 3 N–H and O–H groups in total. The van der Waals surface area contributed by atoms with E-state index in [4.69, 9.17) is 5.73 Å². The number of carbonyl (C=O) groups is 1. The summed E-state index contributed by atoms with van der Waals surface area (Å²) in [5.74, 6) is -0.627. The van der Waals surface area contributed by atoms with E-state index in [2.05, 4.69) is 4.72 Å². The third-order valence-electron chi connectivity index (χ3n) is 4.25. The number of hydrogen-bond acceptors (Lipinski definition) is 4. The van der Waals surface area contributed by atoms with Crippen LogP contribution in [-0.4, -0.2) is 38.4 Å². The van der Waals surface area contributed by atoms with Crippen LogP contribution < -0.4 is 10.5 Å². The lowest BCUT2D eigenvalue weighted by atomic mass is 10.1. The Morgan fingerprint density at radius 2 is 1.74 bits per heavy atom. The van der Waals surface area contributed by atoms with Gasteiger partial charge in [0.1, 0.15) is 5.82 Å². The normalized spacial score (nSPS) is 17.1. The van der Waals surface area contributed by atoms with Crippen LogP contribution in [0.3, 0.4) is 0 Å². The highest BCUT2D eigenvalue weighted by Crippen LogP contribution is 2.19. The Balaban J connectivity index is 0.00000261. The van der Waals surface area contributed by atoms with Crippen LogP contribution in [0.2, 0.25) is 0 Å². The molecular weight excluding hydrogens is 393 g/mol. The first-order valence-corrected chi connectivity index (χ1v) is 9.77. The summed E-state index contributed by atoms with van der Waals surface area (Å²) in [5, 5.41) is 0. The largest absolute Gasteiger partial charge is 0.337 e. The number of rotatable bonds is 4. The number of nitrogens with zero attached hydrogens (tertiary/aromatic N) is 1. The van der Waals surface area contributed by atoms with Crippen molar-refractivity contribution in [3.63, 3.8) is 0 Å². The number of nitrogens with two attached hydrogens (primary N) is 1. The molecule has 1 aliphatic heterocycles. The molecule has 1 saturated heterocycles. The fraction of sp³-hybridized carbons (Fsp3) is 0.278. The van der Waals surface area contributed by atoms with Gasteiger partial charge in [-0.3, -0.25) is 9.52 Å². The summed E-state index contributed by atoms with van der Waals surface area (Å²) in [4.78, 5) is 14.2. The SMILES string of the molecule is Cl.NC1CCCN(C(=O)c2ccc(NS(=O)(=O)c3ccc(F)cc3)cc2)C1. The van der Waals surface area contributed by atoms with Crippen LogP contribution in [0.4, 0.5) is 10.1 Å². The molecule has 1 heterocycles. The van der Waals surface area contributed by atoms with Crippen LogP contribution in [0.25, 0.3) is 0 Å². The van der Waals surface area contributed by atoms with Gasteiger partial charge in [-0.1, -0.05) is 0 Å². The van der Waals surface area contributed by atoms with Gasteiger partial charge in [-0.05, 0) is 61.4 Å². The van der Waals surface area contributed by atoms with Crippen molar-refractivity contribution >= 4 is 34.0 Å².